The molecule has 0 radical (unpaired) electrons. The smallest absolute Gasteiger partial charge is 0.0875 e. The molecule has 0 aliphatic heterocycles. The van der Waals surface area contributed by atoms with E-state index in [1.54, 1.807) is 31.2 Å². The molecule has 14 heavy (non-hydrogen) atoms. The van der Waals surface area contributed by atoms with Gasteiger partial charge in [-0.3, -0.25) is 9.22 Å². The summed E-state index contributed by atoms with van der Waals surface area (Å²) in [7, 11) is 3.51. The van der Waals surface area contributed by atoms with Crippen molar-refractivity contribution in [3.8, 4) is 0 Å². The topological polar surface area (TPSA) is 68.1 Å². The quantitative estimate of drug-likeness (QED) is 0.433. The molecule has 0 aliphatic carbocycles. The van der Waals surface area contributed by atoms with Crippen molar-refractivity contribution in [3.05, 3.63) is 24.3 Å². The first-order valence-electron chi connectivity index (χ1n) is 3.88. The zero-order valence-electron chi connectivity index (χ0n) is 7.88. The minimum absolute atomic E-state index is 0.244. The van der Waals surface area contributed by atoms with Crippen LogP contribution in [0.2, 0.25) is 0 Å². The molecule has 5 nitrogen and oxygen atoms in total. The minimum Gasteiger partial charge on any atom is -0.768 e. The summed E-state index contributed by atoms with van der Waals surface area (Å²) < 4.78 is 21.0. The first-order chi connectivity index (χ1) is 6.59. The van der Waals surface area contributed by atoms with E-state index in [0.717, 1.165) is 0 Å². The van der Waals surface area contributed by atoms with Gasteiger partial charge >= 0.3 is 0 Å². The summed E-state index contributed by atoms with van der Waals surface area (Å²) in [6, 6.07) is 6.15. The molecule has 6 heteroatoms. The second-order valence-corrected chi connectivity index (χ2v) is 3.71. The van der Waals surface area contributed by atoms with Crippen LogP contribution in [0.5, 0.6) is 0 Å². The molecule has 1 rings (SSSR count). The van der Waals surface area contributed by atoms with Gasteiger partial charge in [0, 0.05) is 19.0 Å². The van der Waals surface area contributed by atoms with Gasteiger partial charge in [-0.2, -0.15) is 0 Å². The average Bonchev–Trinajstić information content (AvgIpc) is 2.15. The van der Waals surface area contributed by atoms with Crippen molar-refractivity contribution in [2.45, 2.75) is 4.90 Å². The Labute approximate surface area is 84.7 Å². The summed E-state index contributed by atoms with van der Waals surface area (Å²) in [4.78, 5) is 0.244. The van der Waals surface area contributed by atoms with E-state index in [4.69, 9.17) is 0 Å². The molecule has 1 aromatic carbocycles. The van der Waals surface area contributed by atoms with Crippen LogP contribution in [0.15, 0.2) is 39.5 Å². The van der Waals surface area contributed by atoms with Crippen molar-refractivity contribution in [3.63, 3.8) is 0 Å². The molecule has 0 saturated heterocycles. The van der Waals surface area contributed by atoms with Gasteiger partial charge in [-0.15, -0.1) is 5.11 Å². The summed E-state index contributed by atoms with van der Waals surface area (Å²) in [6.45, 7) is 0. The van der Waals surface area contributed by atoms with Gasteiger partial charge in [0.15, 0.2) is 0 Å². The Morgan fingerprint density at radius 1 is 1.29 bits per heavy atom. The maximum Gasteiger partial charge on any atom is 0.0875 e. The van der Waals surface area contributed by atoms with Crippen LogP contribution in [0.3, 0.4) is 0 Å². The van der Waals surface area contributed by atoms with Crippen LogP contribution in [0, 0.1) is 0 Å². The average molecular weight is 212 g/mol. The SMILES string of the molecule is CN(C)N=Nc1ccc(S(=O)[O-])cc1. The standard InChI is InChI=1S/C8H11N3O2S/c1-11(2)10-9-7-3-5-8(6-4-7)14(12)13/h3-6H,1-2H3,(H,12,13)/p-1. The van der Waals surface area contributed by atoms with Crippen LogP contribution < -0.4 is 0 Å². The van der Waals surface area contributed by atoms with Gasteiger partial charge in [-0.1, -0.05) is 5.22 Å². The van der Waals surface area contributed by atoms with Crippen LogP contribution >= 0.6 is 0 Å². The molecular weight excluding hydrogens is 202 g/mol. The predicted molar refractivity (Wildman–Crippen MR) is 51.8 cm³/mol. The highest BCUT2D eigenvalue weighted by Crippen LogP contribution is 2.14. The molecule has 0 spiro atoms. The van der Waals surface area contributed by atoms with Crippen LogP contribution in [-0.4, -0.2) is 27.9 Å². The summed E-state index contributed by atoms with van der Waals surface area (Å²) in [5.41, 5.74) is 0.618. The monoisotopic (exact) mass is 212 g/mol. The first-order valence-corrected chi connectivity index (χ1v) is 4.95. The molecule has 0 amide bonds. The van der Waals surface area contributed by atoms with Gasteiger partial charge in [0.05, 0.1) is 5.69 Å². The highest BCUT2D eigenvalue weighted by molar-refractivity contribution is 7.79. The van der Waals surface area contributed by atoms with E-state index < -0.39 is 11.1 Å². The van der Waals surface area contributed by atoms with Crippen LogP contribution in [0.4, 0.5) is 5.69 Å². The predicted octanol–water partition coefficient (Wildman–Crippen LogP) is 1.48. The molecule has 1 atom stereocenters. The van der Waals surface area contributed by atoms with E-state index in [0.29, 0.717) is 5.69 Å². The number of rotatable bonds is 3. The lowest BCUT2D eigenvalue weighted by Crippen LogP contribution is -1.98. The Balaban J connectivity index is 2.78. The van der Waals surface area contributed by atoms with Crippen LogP contribution in [0.1, 0.15) is 0 Å². The van der Waals surface area contributed by atoms with E-state index in [2.05, 4.69) is 10.3 Å². The van der Waals surface area contributed by atoms with Crippen LogP contribution in [-0.2, 0) is 11.1 Å². The fraction of sp³-hybridized carbons (Fsp3) is 0.250. The Bertz CT molecular complexity index is 348. The highest BCUT2D eigenvalue weighted by Gasteiger charge is 1.92. The zero-order chi connectivity index (χ0) is 10.6. The summed E-state index contributed by atoms with van der Waals surface area (Å²) >= 11 is -2.18. The Kier molecular flexibility index (Phi) is 3.73. The second-order valence-electron chi connectivity index (χ2n) is 2.77. The molecule has 0 fully saturated rings. The maximum absolute atomic E-state index is 10.5. The molecule has 0 N–H and O–H groups in total. The largest absolute Gasteiger partial charge is 0.768 e. The third-order valence-corrected chi connectivity index (χ3v) is 2.03. The second kappa shape index (κ2) is 4.83. The van der Waals surface area contributed by atoms with Crippen molar-refractivity contribution in [2.75, 3.05) is 14.1 Å². The third-order valence-electron chi connectivity index (χ3n) is 1.37. The molecule has 0 aliphatic rings. The molecule has 76 valence electrons. The normalized spacial score (nSPS) is 13.1. The van der Waals surface area contributed by atoms with Gasteiger partial charge in [0.25, 0.3) is 0 Å². The minimum atomic E-state index is -2.18. The molecule has 0 aromatic heterocycles. The lowest BCUT2D eigenvalue weighted by molar-refractivity contribution is 0.408. The number of nitrogens with zero attached hydrogens (tertiary/aromatic N) is 3. The van der Waals surface area contributed by atoms with Gasteiger partial charge in [-0.25, -0.2) is 0 Å². The molecule has 1 aromatic rings. The summed E-state index contributed by atoms with van der Waals surface area (Å²) in [5.74, 6) is 0. The third kappa shape index (κ3) is 3.23. The summed E-state index contributed by atoms with van der Waals surface area (Å²) in [6.07, 6.45) is 0. The van der Waals surface area contributed by atoms with E-state index in [1.807, 2.05) is 0 Å². The van der Waals surface area contributed by atoms with E-state index >= 15 is 0 Å². The van der Waals surface area contributed by atoms with Crippen LogP contribution in [0.25, 0.3) is 0 Å². The van der Waals surface area contributed by atoms with Crippen molar-refractivity contribution in [2.24, 2.45) is 10.3 Å². The van der Waals surface area contributed by atoms with Gasteiger partial charge in [-0.05, 0) is 35.3 Å². The van der Waals surface area contributed by atoms with Crippen molar-refractivity contribution < 1.29 is 8.76 Å². The first kappa shape index (κ1) is 10.8. The molecule has 0 saturated carbocycles. The van der Waals surface area contributed by atoms with Gasteiger partial charge < -0.3 is 4.55 Å². The van der Waals surface area contributed by atoms with E-state index in [9.17, 15) is 8.76 Å². The lowest BCUT2D eigenvalue weighted by atomic mass is 10.3. The van der Waals surface area contributed by atoms with Crippen molar-refractivity contribution in [1.82, 2.24) is 5.01 Å². The number of hydrogen-bond acceptors (Lipinski definition) is 4. The summed E-state index contributed by atoms with van der Waals surface area (Å²) in [5, 5.41) is 9.19. The number of benzene rings is 1. The van der Waals surface area contributed by atoms with Crippen molar-refractivity contribution in [1.29, 1.82) is 0 Å². The Morgan fingerprint density at radius 3 is 2.29 bits per heavy atom. The number of hydrogen-bond donors (Lipinski definition) is 0. The lowest BCUT2D eigenvalue weighted by Gasteiger charge is -2.04. The fourth-order valence-corrected chi connectivity index (χ4v) is 1.12. The molecular formula is C8H10N3O2S-. The Morgan fingerprint density at radius 2 is 1.86 bits per heavy atom. The van der Waals surface area contributed by atoms with E-state index in [1.165, 1.54) is 12.1 Å². The molecule has 1 unspecified atom stereocenters. The highest BCUT2D eigenvalue weighted by atomic mass is 32.2. The molecule has 0 bridgehead atoms. The molecule has 0 heterocycles. The zero-order valence-corrected chi connectivity index (χ0v) is 8.69. The van der Waals surface area contributed by atoms with E-state index in [-0.39, 0.29) is 4.90 Å². The Hall–Kier alpha value is -1.27. The van der Waals surface area contributed by atoms with Gasteiger partial charge in [0.1, 0.15) is 0 Å². The fourth-order valence-electron chi connectivity index (χ4n) is 0.765. The van der Waals surface area contributed by atoms with Crippen molar-refractivity contribution >= 4 is 16.8 Å². The van der Waals surface area contributed by atoms with Gasteiger partial charge in [0.2, 0.25) is 0 Å². The maximum atomic E-state index is 10.5.